The van der Waals surface area contributed by atoms with Gasteiger partial charge in [0.2, 0.25) is 0 Å². The average Bonchev–Trinajstić information content (AvgIpc) is 2.94. The van der Waals surface area contributed by atoms with Gasteiger partial charge >= 0.3 is 0 Å². The van der Waals surface area contributed by atoms with Gasteiger partial charge in [-0.2, -0.15) is 0 Å². The molecule has 30 heavy (non-hydrogen) atoms. The first-order valence-electron chi connectivity index (χ1n) is 11.2. The van der Waals surface area contributed by atoms with Crippen LogP contribution in [0.15, 0.2) is 17.4 Å². The number of rotatable bonds is 3. The summed E-state index contributed by atoms with van der Waals surface area (Å²) in [5, 5.41) is 23.2. The number of allylic oxidation sites excluding steroid dienone is 1. The maximum Gasteiger partial charge on any atom is 0.181 e. The van der Waals surface area contributed by atoms with Crippen molar-refractivity contribution in [3.63, 3.8) is 0 Å². The van der Waals surface area contributed by atoms with E-state index in [1.807, 2.05) is 0 Å². The lowest BCUT2D eigenvalue weighted by molar-refractivity contribution is 0.122. The maximum atomic E-state index is 10.7. The van der Waals surface area contributed by atoms with Crippen molar-refractivity contribution in [3.05, 3.63) is 28.4 Å². The third kappa shape index (κ3) is 6.40. The predicted molar refractivity (Wildman–Crippen MR) is 121 cm³/mol. The highest BCUT2D eigenvalue weighted by molar-refractivity contribution is 6.29. The Hall–Kier alpha value is -1.70. The molecule has 7 nitrogen and oxygen atoms in total. The van der Waals surface area contributed by atoms with Gasteiger partial charge in [-0.25, -0.2) is 9.97 Å². The highest BCUT2D eigenvalue weighted by Gasteiger charge is 2.22. The van der Waals surface area contributed by atoms with Gasteiger partial charge in [0, 0.05) is 37.4 Å². The van der Waals surface area contributed by atoms with Crippen LogP contribution in [0.1, 0.15) is 64.1 Å². The number of hydrogen-bond acceptors (Lipinski definition) is 7. The van der Waals surface area contributed by atoms with Crippen molar-refractivity contribution >= 4 is 23.1 Å². The van der Waals surface area contributed by atoms with Crippen LogP contribution in [0.5, 0.6) is 0 Å². The fraction of sp³-hybridized carbons (Fsp3) is 0.682. The van der Waals surface area contributed by atoms with E-state index >= 15 is 0 Å². The average molecular weight is 436 g/mol. The smallest absolute Gasteiger partial charge is 0.181 e. The van der Waals surface area contributed by atoms with Gasteiger partial charge < -0.3 is 20.1 Å². The Morgan fingerprint density at radius 2 is 1.97 bits per heavy atom. The fourth-order valence-corrected chi connectivity index (χ4v) is 4.22. The maximum absolute atomic E-state index is 10.7. The van der Waals surface area contributed by atoms with Gasteiger partial charge in [0.25, 0.3) is 0 Å². The highest BCUT2D eigenvalue weighted by Crippen LogP contribution is 2.23. The molecule has 0 aromatic carbocycles. The molecule has 1 saturated heterocycles. The molecule has 2 aliphatic heterocycles. The molecule has 3 heterocycles. The Balaban J connectivity index is 1.85. The Labute approximate surface area is 184 Å². The van der Waals surface area contributed by atoms with Gasteiger partial charge in [0.15, 0.2) is 5.82 Å². The summed E-state index contributed by atoms with van der Waals surface area (Å²) in [4.78, 5) is 11.2. The summed E-state index contributed by atoms with van der Waals surface area (Å²) in [6.45, 7) is 5.62. The summed E-state index contributed by atoms with van der Waals surface area (Å²) in [7, 11) is 0. The Kier molecular flexibility index (Phi) is 8.90. The summed E-state index contributed by atoms with van der Waals surface area (Å²) in [6, 6.07) is 2.03. The number of anilines is 1. The molecule has 1 aromatic rings. The Morgan fingerprint density at radius 1 is 1.20 bits per heavy atom. The van der Waals surface area contributed by atoms with Crippen LogP contribution in [0, 0.1) is 5.41 Å². The quantitative estimate of drug-likeness (QED) is 0.485. The van der Waals surface area contributed by atoms with E-state index in [9.17, 15) is 5.11 Å². The first-order chi connectivity index (χ1) is 14.6. The first kappa shape index (κ1) is 23.0. The van der Waals surface area contributed by atoms with Gasteiger partial charge in [-0.05, 0) is 39.2 Å². The zero-order valence-electron chi connectivity index (χ0n) is 17.9. The summed E-state index contributed by atoms with van der Waals surface area (Å²) in [6.07, 6.45) is 8.18. The summed E-state index contributed by atoms with van der Waals surface area (Å²) >= 11 is 6.33. The van der Waals surface area contributed by atoms with Crippen molar-refractivity contribution in [3.8, 4) is 0 Å². The summed E-state index contributed by atoms with van der Waals surface area (Å²) in [5.41, 5.74) is 0.701. The van der Waals surface area contributed by atoms with Crippen molar-refractivity contribution in [2.75, 3.05) is 37.7 Å². The lowest BCUT2D eigenvalue weighted by Gasteiger charge is -2.28. The molecule has 0 unspecified atom stereocenters. The number of aromatic nitrogens is 2. The zero-order chi connectivity index (χ0) is 21.3. The molecular formula is C22H34ClN5O2. The molecular weight excluding hydrogens is 402 g/mol. The zero-order valence-corrected chi connectivity index (χ0v) is 18.7. The van der Waals surface area contributed by atoms with Crippen molar-refractivity contribution in [2.24, 2.45) is 0 Å². The number of hydrogen-bond donors (Lipinski definition) is 3. The lowest BCUT2D eigenvalue weighted by Crippen LogP contribution is -2.38. The molecule has 0 aliphatic carbocycles. The number of ether oxygens (including phenoxy) is 1. The van der Waals surface area contributed by atoms with E-state index in [-0.39, 0.29) is 29.9 Å². The third-order valence-corrected chi connectivity index (χ3v) is 5.97. The Bertz CT molecular complexity index is 755. The molecule has 1 atom stereocenters. The molecule has 8 heteroatoms. The number of nitrogens with zero attached hydrogens (tertiary/aromatic N) is 3. The third-order valence-electron chi connectivity index (χ3n) is 5.78. The van der Waals surface area contributed by atoms with Crippen LogP contribution in [-0.2, 0) is 4.74 Å². The topological polar surface area (TPSA) is 94.4 Å². The normalized spacial score (nSPS) is 25.1. The molecule has 0 amide bonds. The largest absolute Gasteiger partial charge is 0.509 e. The van der Waals surface area contributed by atoms with Gasteiger partial charge in [0.05, 0.1) is 0 Å². The van der Waals surface area contributed by atoms with Crippen LogP contribution >= 0.6 is 11.6 Å². The molecule has 1 fully saturated rings. The van der Waals surface area contributed by atoms with Crippen LogP contribution in [0.2, 0.25) is 5.15 Å². The minimum Gasteiger partial charge on any atom is -0.509 e. The molecule has 166 valence electrons. The number of aliphatic hydroxyl groups is 1. The van der Waals surface area contributed by atoms with Crippen LogP contribution in [-0.4, -0.2) is 59.7 Å². The molecule has 0 bridgehead atoms. The second kappa shape index (κ2) is 11.6. The van der Waals surface area contributed by atoms with Crippen molar-refractivity contribution in [2.45, 2.75) is 64.3 Å². The first-order valence-corrected chi connectivity index (χ1v) is 11.5. The molecule has 1 aromatic heterocycles. The lowest BCUT2D eigenvalue weighted by atomic mass is 9.99. The monoisotopic (exact) mass is 435 g/mol. The number of nitrogens with one attached hydrogen (secondary N) is 2. The fourth-order valence-electron chi connectivity index (χ4n) is 4.04. The standard InChI is InChI=1S/C22H34ClN5O2/c1-16-14-25-10-8-11-28(16)20-13-19(23)26-22(27-20)21(24)17-9-6-4-2-3-5-7-12-30-15-18(17)29/h13,16,24-25,29H,2-12,14-15H2,1H3/b18-17-,24-21?/t16-/m0/s1. The second-order valence-corrected chi connectivity index (χ2v) is 8.58. The molecule has 3 rings (SSSR count). The van der Waals surface area contributed by atoms with E-state index < -0.39 is 0 Å². The van der Waals surface area contributed by atoms with Gasteiger partial charge in [-0.15, -0.1) is 0 Å². The van der Waals surface area contributed by atoms with E-state index in [0.29, 0.717) is 23.8 Å². The second-order valence-electron chi connectivity index (χ2n) is 8.20. The van der Waals surface area contributed by atoms with Crippen LogP contribution in [0.3, 0.4) is 0 Å². The van der Waals surface area contributed by atoms with E-state index in [0.717, 1.165) is 57.6 Å². The van der Waals surface area contributed by atoms with Crippen LogP contribution in [0.25, 0.3) is 0 Å². The molecule has 0 spiro atoms. The number of halogens is 1. The number of aliphatic hydroxyl groups excluding tert-OH is 1. The predicted octanol–water partition coefficient (Wildman–Crippen LogP) is 4.26. The SMILES string of the molecule is C[C@H]1CNCCCN1c1cc(Cl)nc(C(=N)/C2=C(\O)COCCCCCCCC2)n1. The van der Waals surface area contributed by atoms with Crippen LogP contribution in [0.4, 0.5) is 5.82 Å². The van der Waals surface area contributed by atoms with Crippen molar-refractivity contribution in [1.82, 2.24) is 15.3 Å². The molecule has 2 aliphatic rings. The van der Waals surface area contributed by atoms with Gasteiger partial charge in [0.1, 0.15) is 29.0 Å². The van der Waals surface area contributed by atoms with Crippen molar-refractivity contribution < 1.29 is 9.84 Å². The molecule has 3 N–H and O–H groups in total. The summed E-state index contributed by atoms with van der Waals surface area (Å²) < 4.78 is 5.62. The van der Waals surface area contributed by atoms with E-state index in [1.54, 1.807) is 6.07 Å². The highest BCUT2D eigenvalue weighted by atomic mass is 35.5. The van der Waals surface area contributed by atoms with E-state index in [2.05, 4.69) is 27.1 Å². The minimum absolute atomic E-state index is 0.109. The van der Waals surface area contributed by atoms with Gasteiger partial charge in [-0.3, -0.25) is 5.41 Å². The van der Waals surface area contributed by atoms with Crippen LogP contribution < -0.4 is 10.2 Å². The Morgan fingerprint density at radius 3 is 2.80 bits per heavy atom. The molecule has 0 radical (unpaired) electrons. The summed E-state index contributed by atoms with van der Waals surface area (Å²) in [5.74, 6) is 1.10. The van der Waals surface area contributed by atoms with E-state index in [1.165, 1.54) is 12.8 Å². The van der Waals surface area contributed by atoms with Crippen molar-refractivity contribution in [1.29, 1.82) is 5.41 Å². The van der Waals surface area contributed by atoms with Gasteiger partial charge in [-0.1, -0.05) is 37.3 Å². The van der Waals surface area contributed by atoms with E-state index in [4.69, 9.17) is 21.7 Å². The minimum atomic E-state index is 0.109. The molecule has 0 saturated carbocycles.